The second kappa shape index (κ2) is 5.28. The smallest absolute Gasteiger partial charge is 0.392 e. The molecule has 1 fully saturated rings. The lowest BCUT2D eigenvalue weighted by atomic mass is 9.94. The van der Waals surface area contributed by atoms with Gasteiger partial charge in [-0.15, -0.1) is 0 Å². The van der Waals surface area contributed by atoms with E-state index in [9.17, 15) is 18.3 Å². The first-order chi connectivity index (χ1) is 8.47. The lowest BCUT2D eigenvalue weighted by molar-refractivity contribution is -0.214. The largest absolute Gasteiger partial charge is 0.395 e. The van der Waals surface area contributed by atoms with Crippen molar-refractivity contribution in [2.24, 2.45) is 5.92 Å². The molecule has 0 unspecified atom stereocenters. The first kappa shape index (κ1) is 13.4. The molecule has 18 heavy (non-hydrogen) atoms. The molecule has 100 valence electrons. The van der Waals surface area contributed by atoms with Crippen LogP contribution in [0, 0.1) is 5.92 Å². The van der Waals surface area contributed by atoms with Crippen molar-refractivity contribution >= 4 is 0 Å². The summed E-state index contributed by atoms with van der Waals surface area (Å²) in [6, 6.07) is 9.41. The van der Waals surface area contributed by atoms with E-state index >= 15 is 0 Å². The van der Waals surface area contributed by atoms with Crippen molar-refractivity contribution in [2.45, 2.75) is 25.2 Å². The van der Waals surface area contributed by atoms with Gasteiger partial charge in [-0.3, -0.25) is 4.90 Å². The van der Waals surface area contributed by atoms with Crippen LogP contribution in [0.3, 0.4) is 0 Å². The molecule has 2 nitrogen and oxygen atoms in total. The van der Waals surface area contributed by atoms with Crippen molar-refractivity contribution in [3.63, 3.8) is 0 Å². The number of alkyl halides is 3. The Hall–Kier alpha value is -1.07. The summed E-state index contributed by atoms with van der Waals surface area (Å²) in [5.41, 5.74) is 0.995. The Morgan fingerprint density at radius 1 is 1.22 bits per heavy atom. The highest BCUT2D eigenvalue weighted by Gasteiger charge is 2.46. The summed E-state index contributed by atoms with van der Waals surface area (Å²) in [6.45, 7) is 0.877. The van der Waals surface area contributed by atoms with Gasteiger partial charge in [-0.05, 0) is 12.0 Å². The second-order valence-corrected chi connectivity index (χ2v) is 4.72. The Balaban J connectivity index is 2.00. The lowest BCUT2D eigenvalue weighted by Crippen LogP contribution is -2.48. The average molecular weight is 259 g/mol. The molecule has 0 radical (unpaired) electrons. The van der Waals surface area contributed by atoms with E-state index in [0.717, 1.165) is 5.56 Å². The summed E-state index contributed by atoms with van der Waals surface area (Å²) in [4.78, 5) is 1.75. The number of aliphatic hydroxyl groups is 1. The minimum atomic E-state index is -4.32. The average Bonchev–Trinajstić information content (AvgIpc) is 2.31. The third-order valence-electron chi connectivity index (χ3n) is 3.33. The Bertz CT molecular complexity index is 380. The van der Waals surface area contributed by atoms with E-state index in [0.29, 0.717) is 13.1 Å². The zero-order valence-electron chi connectivity index (χ0n) is 9.90. The third kappa shape index (κ3) is 3.23. The fourth-order valence-electron chi connectivity index (χ4n) is 2.31. The molecule has 0 aromatic heterocycles. The summed E-state index contributed by atoms with van der Waals surface area (Å²) in [7, 11) is 0. The highest BCUT2D eigenvalue weighted by Crippen LogP contribution is 2.33. The molecule has 0 saturated carbocycles. The van der Waals surface area contributed by atoms with Crippen molar-refractivity contribution in [3.05, 3.63) is 35.9 Å². The standard InChI is InChI=1S/C13H16F3NO/c14-13(15,16)11-9-17(7-6-12(11)18)8-10-4-2-1-3-5-10/h1-5,11-12,18H,6-9H2/t11-,12+/m1/s1. The maximum Gasteiger partial charge on any atom is 0.395 e. The first-order valence-corrected chi connectivity index (χ1v) is 5.98. The third-order valence-corrected chi connectivity index (χ3v) is 3.33. The van der Waals surface area contributed by atoms with E-state index in [2.05, 4.69) is 0 Å². The number of rotatable bonds is 2. The summed E-state index contributed by atoms with van der Waals surface area (Å²) in [5, 5.41) is 9.44. The molecule has 1 aromatic carbocycles. The van der Waals surface area contributed by atoms with Gasteiger partial charge < -0.3 is 5.11 Å². The van der Waals surface area contributed by atoms with Crippen LogP contribution in [0.4, 0.5) is 13.2 Å². The van der Waals surface area contributed by atoms with Gasteiger partial charge in [-0.25, -0.2) is 0 Å². The quantitative estimate of drug-likeness (QED) is 0.881. The van der Waals surface area contributed by atoms with Gasteiger partial charge in [0.1, 0.15) is 0 Å². The maximum absolute atomic E-state index is 12.7. The number of hydrogen-bond acceptors (Lipinski definition) is 2. The van der Waals surface area contributed by atoms with Gasteiger partial charge in [0.15, 0.2) is 0 Å². The summed E-state index contributed by atoms with van der Waals surface area (Å²) >= 11 is 0. The molecule has 1 heterocycles. The van der Waals surface area contributed by atoms with Crippen molar-refractivity contribution in [1.29, 1.82) is 0 Å². The highest BCUT2D eigenvalue weighted by molar-refractivity contribution is 5.14. The Morgan fingerprint density at radius 3 is 2.50 bits per heavy atom. The van der Waals surface area contributed by atoms with Crippen molar-refractivity contribution < 1.29 is 18.3 Å². The van der Waals surface area contributed by atoms with E-state index in [4.69, 9.17) is 0 Å². The predicted octanol–water partition coefficient (Wildman–Crippen LogP) is 2.43. The lowest BCUT2D eigenvalue weighted by Gasteiger charge is -2.37. The Kier molecular flexibility index (Phi) is 3.92. The first-order valence-electron chi connectivity index (χ1n) is 5.98. The molecule has 1 saturated heterocycles. The minimum absolute atomic E-state index is 0.125. The Labute approximate surface area is 104 Å². The molecule has 1 aliphatic rings. The van der Waals surface area contributed by atoms with Crippen LogP contribution in [-0.4, -0.2) is 35.4 Å². The molecule has 0 bridgehead atoms. The van der Waals surface area contributed by atoms with Gasteiger partial charge >= 0.3 is 6.18 Å². The van der Waals surface area contributed by atoms with Crippen LogP contribution in [0.1, 0.15) is 12.0 Å². The summed E-state index contributed by atoms with van der Waals surface area (Å²) < 4.78 is 38.2. The van der Waals surface area contributed by atoms with Crippen molar-refractivity contribution in [1.82, 2.24) is 4.90 Å². The number of halogens is 3. The molecule has 5 heteroatoms. The molecule has 2 atom stereocenters. The van der Waals surface area contributed by atoms with Gasteiger partial charge in [0.05, 0.1) is 12.0 Å². The number of nitrogens with zero attached hydrogens (tertiary/aromatic N) is 1. The molecule has 0 amide bonds. The fourth-order valence-corrected chi connectivity index (χ4v) is 2.31. The van der Waals surface area contributed by atoms with Crippen LogP contribution in [-0.2, 0) is 6.54 Å². The zero-order chi connectivity index (χ0) is 13.2. The molecular weight excluding hydrogens is 243 g/mol. The van der Waals surface area contributed by atoms with Crippen molar-refractivity contribution in [2.75, 3.05) is 13.1 Å². The number of piperidine rings is 1. The summed E-state index contributed by atoms with van der Waals surface area (Å²) in [5.74, 6) is -1.63. The minimum Gasteiger partial charge on any atom is -0.392 e. The van der Waals surface area contributed by atoms with E-state index < -0.39 is 18.2 Å². The second-order valence-electron chi connectivity index (χ2n) is 4.72. The van der Waals surface area contributed by atoms with E-state index in [-0.39, 0.29) is 13.0 Å². The number of benzene rings is 1. The molecule has 0 aliphatic carbocycles. The Morgan fingerprint density at radius 2 is 1.89 bits per heavy atom. The van der Waals surface area contributed by atoms with Gasteiger partial charge in [-0.1, -0.05) is 30.3 Å². The normalized spacial score (nSPS) is 26.2. The number of aliphatic hydroxyl groups excluding tert-OH is 1. The van der Waals surface area contributed by atoms with Crippen LogP contribution in [0.5, 0.6) is 0 Å². The van der Waals surface area contributed by atoms with Crippen LogP contribution in [0.2, 0.25) is 0 Å². The topological polar surface area (TPSA) is 23.5 Å². The molecule has 1 aliphatic heterocycles. The van der Waals surface area contributed by atoms with Crippen LogP contribution in [0.15, 0.2) is 30.3 Å². The molecule has 0 spiro atoms. The van der Waals surface area contributed by atoms with Crippen LogP contribution < -0.4 is 0 Å². The van der Waals surface area contributed by atoms with Gasteiger partial charge in [0, 0.05) is 19.6 Å². The predicted molar refractivity (Wildman–Crippen MR) is 61.9 cm³/mol. The molecule has 1 aromatic rings. The van der Waals surface area contributed by atoms with Gasteiger partial charge in [0.25, 0.3) is 0 Å². The SMILES string of the molecule is O[C@H]1CCN(Cc2ccccc2)C[C@H]1C(F)(F)F. The van der Waals surface area contributed by atoms with Gasteiger partial charge in [0.2, 0.25) is 0 Å². The maximum atomic E-state index is 12.7. The monoisotopic (exact) mass is 259 g/mol. The van der Waals surface area contributed by atoms with Gasteiger partial charge in [-0.2, -0.15) is 13.2 Å². The van der Waals surface area contributed by atoms with Crippen LogP contribution in [0.25, 0.3) is 0 Å². The van der Waals surface area contributed by atoms with E-state index in [1.54, 1.807) is 4.90 Å². The highest BCUT2D eigenvalue weighted by atomic mass is 19.4. The number of likely N-dealkylation sites (tertiary alicyclic amines) is 1. The number of hydrogen-bond donors (Lipinski definition) is 1. The molecule has 1 N–H and O–H groups in total. The van der Waals surface area contributed by atoms with Crippen LogP contribution >= 0.6 is 0 Å². The molecule has 2 rings (SSSR count). The fraction of sp³-hybridized carbons (Fsp3) is 0.538. The zero-order valence-corrected chi connectivity index (χ0v) is 9.90. The summed E-state index contributed by atoms with van der Waals surface area (Å²) in [6.07, 6.45) is -5.41. The molecular formula is C13H16F3NO. The van der Waals surface area contributed by atoms with E-state index in [1.165, 1.54) is 0 Å². The van der Waals surface area contributed by atoms with E-state index in [1.807, 2.05) is 30.3 Å². The van der Waals surface area contributed by atoms with Crippen molar-refractivity contribution in [3.8, 4) is 0 Å².